The molecule has 0 saturated heterocycles. The molecule has 2 aromatic carbocycles. The van der Waals surface area contributed by atoms with Crippen LogP contribution in [0.25, 0.3) is 10.9 Å². The molecule has 3 rings (SSSR count). The Kier molecular flexibility index (Phi) is 4.31. The number of hydrogen-bond acceptors (Lipinski definition) is 4. The number of amides is 1. The molecule has 0 saturated carbocycles. The van der Waals surface area contributed by atoms with Crippen LogP contribution < -0.4 is 5.32 Å². The number of phenolic OH excluding ortho intramolecular Hbond substituents is 2. The van der Waals surface area contributed by atoms with Crippen molar-refractivity contribution in [2.75, 3.05) is 5.32 Å². The number of benzene rings is 2. The van der Waals surface area contributed by atoms with Crippen molar-refractivity contribution in [2.45, 2.75) is 26.7 Å². The number of hydrogen-bond donors (Lipinski definition) is 3. The molecule has 0 fully saturated rings. The Bertz CT molecular complexity index is 965. The second-order valence-electron chi connectivity index (χ2n) is 6.37. The minimum Gasteiger partial charge on any atom is -0.508 e. The summed E-state index contributed by atoms with van der Waals surface area (Å²) in [5.74, 6) is -0.685. The molecular formula is C20H20N2O3. The third-order valence-electron chi connectivity index (χ3n) is 4.10. The summed E-state index contributed by atoms with van der Waals surface area (Å²) in [6.07, 6.45) is 0. The number of rotatable bonds is 3. The molecule has 0 aliphatic heterocycles. The molecule has 0 unspecified atom stereocenters. The van der Waals surface area contributed by atoms with Crippen molar-refractivity contribution in [1.29, 1.82) is 0 Å². The molecule has 0 radical (unpaired) electrons. The maximum Gasteiger partial charge on any atom is 0.259 e. The Morgan fingerprint density at radius 2 is 1.80 bits per heavy atom. The molecule has 0 aliphatic carbocycles. The molecule has 1 aromatic heterocycles. The molecule has 3 aromatic rings. The fraction of sp³-hybridized carbons (Fsp3) is 0.200. The number of phenols is 2. The first-order chi connectivity index (χ1) is 11.9. The van der Waals surface area contributed by atoms with E-state index in [2.05, 4.69) is 10.3 Å². The van der Waals surface area contributed by atoms with Gasteiger partial charge < -0.3 is 15.5 Å². The number of fused-ring (bicyclic) bond motifs is 1. The van der Waals surface area contributed by atoms with Crippen molar-refractivity contribution in [1.82, 2.24) is 4.98 Å². The molecule has 25 heavy (non-hydrogen) atoms. The van der Waals surface area contributed by atoms with Crippen molar-refractivity contribution in [3.63, 3.8) is 0 Å². The molecule has 3 N–H and O–H groups in total. The number of para-hydroxylation sites is 1. The predicted molar refractivity (Wildman–Crippen MR) is 98.3 cm³/mol. The SMILES string of the molecule is Cc1cc(NC(=O)c2cc(C(C)C)c(O)cc2O)c2ccccc2n1. The summed E-state index contributed by atoms with van der Waals surface area (Å²) in [4.78, 5) is 17.2. The average Bonchev–Trinajstić information content (AvgIpc) is 2.54. The number of carbonyl (C=O) groups is 1. The third-order valence-corrected chi connectivity index (χ3v) is 4.10. The Morgan fingerprint density at radius 3 is 2.52 bits per heavy atom. The van der Waals surface area contributed by atoms with Gasteiger partial charge in [-0.3, -0.25) is 9.78 Å². The second-order valence-corrected chi connectivity index (χ2v) is 6.37. The zero-order chi connectivity index (χ0) is 18.1. The predicted octanol–water partition coefficient (Wildman–Crippen LogP) is 4.33. The van der Waals surface area contributed by atoms with Gasteiger partial charge in [0.25, 0.3) is 5.91 Å². The van der Waals surface area contributed by atoms with Crippen LogP contribution in [0.5, 0.6) is 11.5 Å². The van der Waals surface area contributed by atoms with Gasteiger partial charge in [0, 0.05) is 17.1 Å². The van der Waals surface area contributed by atoms with Crippen molar-refractivity contribution in [2.24, 2.45) is 0 Å². The Hall–Kier alpha value is -3.08. The Labute approximate surface area is 146 Å². The third kappa shape index (κ3) is 3.26. The van der Waals surface area contributed by atoms with E-state index in [9.17, 15) is 15.0 Å². The summed E-state index contributed by atoms with van der Waals surface area (Å²) in [6.45, 7) is 5.68. The van der Waals surface area contributed by atoms with Crippen LogP contribution in [-0.4, -0.2) is 21.1 Å². The number of pyridine rings is 1. The van der Waals surface area contributed by atoms with Crippen LogP contribution >= 0.6 is 0 Å². The first kappa shape index (κ1) is 16.8. The normalized spacial score (nSPS) is 11.0. The lowest BCUT2D eigenvalue weighted by Crippen LogP contribution is -2.13. The fourth-order valence-corrected chi connectivity index (χ4v) is 2.84. The second kappa shape index (κ2) is 6.43. The highest BCUT2D eigenvalue weighted by molar-refractivity contribution is 6.10. The summed E-state index contributed by atoms with van der Waals surface area (Å²) in [7, 11) is 0. The summed E-state index contributed by atoms with van der Waals surface area (Å²) < 4.78 is 0. The average molecular weight is 336 g/mol. The van der Waals surface area contributed by atoms with Crippen molar-refractivity contribution < 1.29 is 15.0 Å². The van der Waals surface area contributed by atoms with Crippen LogP contribution in [0, 0.1) is 6.92 Å². The zero-order valence-electron chi connectivity index (χ0n) is 14.4. The van der Waals surface area contributed by atoms with Gasteiger partial charge in [0.05, 0.1) is 16.8 Å². The number of aryl methyl sites for hydroxylation is 1. The van der Waals surface area contributed by atoms with Gasteiger partial charge in [0.15, 0.2) is 0 Å². The van der Waals surface area contributed by atoms with Crippen LogP contribution in [0.2, 0.25) is 0 Å². The molecule has 5 heteroatoms. The van der Waals surface area contributed by atoms with E-state index in [-0.39, 0.29) is 23.0 Å². The van der Waals surface area contributed by atoms with Gasteiger partial charge in [-0.1, -0.05) is 32.0 Å². The van der Waals surface area contributed by atoms with E-state index in [1.54, 1.807) is 6.07 Å². The summed E-state index contributed by atoms with van der Waals surface area (Å²) in [5, 5.41) is 23.7. The van der Waals surface area contributed by atoms with Gasteiger partial charge in [-0.25, -0.2) is 0 Å². The Morgan fingerprint density at radius 1 is 1.08 bits per heavy atom. The highest BCUT2D eigenvalue weighted by atomic mass is 16.3. The number of nitrogens with zero attached hydrogens (tertiary/aromatic N) is 1. The molecule has 5 nitrogen and oxygen atoms in total. The minimum absolute atomic E-state index is 0.0192. The summed E-state index contributed by atoms with van der Waals surface area (Å²) in [6, 6.07) is 12.1. The van der Waals surface area contributed by atoms with Gasteiger partial charge >= 0.3 is 0 Å². The van der Waals surface area contributed by atoms with E-state index in [1.807, 2.05) is 45.0 Å². The van der Waals surface area contributed by atoms with Gasteiger partial charge in [-0.2, -0.15) is 0 Å². The van der Waals surface area contributed by atoms with Crippen molar-refractivity contribution in [3.05, 3.63) is 59.3 Å². The topological polar surface area (TPSA) is 82.5 Å². The zero-order valence-corrected chi connectivity index (χ0v) is 14.4. The number of aromatic hydroxyl groups is 2. The lowest BCUT2D eigenvalue weighted by atomic mass is 9.98. The number of nitrogens with one attached hydrogen (secondary N) is 1. The molecule has 0 bridgehead atoms. The molecule has 1 amide bonds. The van der Waals surface area contributed by atoms with E-state index >= 15 is 0 Å². The van der Waals surface area contributed by atoms with Gasteiger partial charge in [0.2, 0.25) is 0 Å². The largest absolute Gasteiger partial charge is 0.508 e. The Balaban J connectivity index is 2.03. The standard InChI is InChI=1S/C20H20N2O3/c1-11(2)14-9-15(19(24)10-18(14)23)20(25)22-17-8-12(3)21-16-7-5-4-6-13(16)17/h4-11,23-24H,1-3H3,(H,21,22,25). The van der Waals surface area contributed by atoms with Crippen molar-refractivity contribution >= 4 is 22.5 Å². The molecular weight excluding hydrogens is 316 g/mol. The highest BCUT2D eigenvalue weighted by Crippen LogP contribution is 2.33. The number of anilines is 1. The summed E-state index contributed by atoms with van der Waals surface area (Å²) in [5.41, 5.74) is 2.94. The number of aromatic nitrogens is 1. The highest BCUT2D eigenvalue weighted by Gasteiger charge is 2.18. The van der Waals surface area contributed by atoms with Crippen LogP contribution in [0.4, 0.5) is 5.69 Å². The van der Waals surface area contributed by atoms with E-state index in [0.29, 0.717) is 11.3 Å². The number of carbonyl (C=O) groups excluding carboxylic acids is 1. The van der Waals surface area contributed by atoms with Crippen LogP contribution in [0.3, 0.4) is 0 Å². The van der Waals surface area contributed by atoms with Crippen LogP contribution in [0.1, 0.15) is 41.4 Å². The molecule has 1 heterocycles. The van der Waals surface area contributed by atoms with E-state index in [0.717, 1.165) is 16.6 Å². The van der Waals surface area contributed by atoms with Gasteiger partial charge in [0.1, 0.15) is 11.5 Å². The van der Waals surface area contributed by atoms with Gasteiger partial charge in [-0.05, 0) is 36.6 Å². The maximum absolute atomic E-state index is 12.7. The molecule has 0 aliphatic rings. The van der Waals surface area contributed by atoms with E-state index < -0.39 is 5.91 Å². The van der Waals surface area contributed by atoms with E-state index in [4.69, 9.17) is 0 Å². The lowest BCUT2D eigenvalue weighted by molar-refractivity contribution is 0.102. The molecule has 0 spiro atoms. The first-order valence-electron chi connectivity index (χ1n) is 8.10. The van der Waals surface area contributed by atoms with Gasteiger partial charge in [-0.15, -0.1) is 0 Å². The summed E-state index contributed by atoms with van der Waals surface area (Å²) >= 11 is 0. The molecule has 0 atom stereocenters. The monoisotopic (exact) mass is 336 g/mol. The fourth-order valence-electron chi connectivity index (χ4n) is 2.84. The van der Waals surface area contributed by atoms with E-state index in [1.165, 1.54) is 12.1 Å². The maximum atomic E-state index is 12.7. The minimum atomic E-state index is -0.435. The first-order valence-corrected chi connectivity index (χ1v) is 8.10. The van der Waals surface area contributed by atoms with Crippen LogP contribution in [-0.2, 0) is 0 Å². The lowest BCUT2D eigenvalue weighted by Gasteiger charge is -2.14. The smallest absolute Gasteiger partial charge is 0.259 e. The van der Waals surface area contributed by atoms with Crippen LogP contribution in [0.15, 0.2) is 42.5 Å². The molecule has 128 valence electrons. The van der Waals surface area contributed by atoms with Crippen molar-refractivity contribution in [3.8, 4) is 11.5 Å². The quantitative estimate of drug-likeness (QED) is 0.665.